The first-order valence-corrected chi connectivity index (χ1v) is 13.8. The highest BCUT2D eigenvalue weighted by molar-refractivity contribution is 6.05. The summed E-state index contributed by atoms with van der Waals surface area (Å²) < 4.78 is 0. The Balaban J connectivity index is 1.37. The van der Waals surface area contributed by atoms with Crippen LogP contribution in [0.1, 0.15) is 5.56 Å². The molecule has 0 bridgehead atoms. The fourth-order valence-electron chi connectivity index (χ4n) is 5.29. The predicted octanol–water partition coefficient (Wildman–Crippen LogP) is 9.23. The Labute approximate surface area is 244 Å². The van der Waals surface area contributed by atoms with E-state index in [-0.39, 0.29) is 0 Å². The van der Waals surface area contributed by atoms with Gasteiger partial charge >= 0.3 is 0 Å². The van der Waals surface area contributed by atoms with Crippen LogP contribution >= 0.6 is 0 Å². The lowest BCUT2D eigenvalue weighted by Gasteiger charge is -2.13. The monoisotopic (exact) mass is 536 g/mol. The van der Waals surface area contributed by atoms with Crippen molar-refractivity contribution in [1.82, 2.24) is 15.0 Å². The molecular weight excluding hydrogens is 512 g/mol. The molecule has 0 aliphatic carbocycles. The second-order valence-electron chi connectivity index (χ2n) is 10.0. The van der Waals surface area contributed by atoms with Gasteiger partial charge in [0, 0.05) is 16.7 Å². The topological polar surface area (TPSA) is 62.5 Å². The van der Waals surface area contributed by atoms with E-state index >= 15 is 0 Å². The lowest BCUT2D eigenvalue weighted by Crippen LogP contribution is -2.00. The highest BCUT2D eigenvalue weighted by Crippen LogP contribution is 2.37. The van der Waals surface area contributed by atoms with Crippen molar-refractivity contribution in [2.45, 2.75) is 0 Å². The molecule has 42 heavy (non-hydrogen) atoms. The smallest absolute Gasteiger partial charge is 0.164 e. The molecule has 0 saturated heterocycles. The van der Waals surface area contributed by atoms with Crippen LogP contribution in [0.2, 0.25) is 0 Å². The predicted molar refractivity (Wildman–Crippen MR) is 169 cm³/mol. The van der Waals surface area contributed by atoms with E-state index in [0.29, 0.717) is 23.0 Å². The first kappa shape index (κ1) is 25.1. The zero-order valence-electron chi connectivity index (χ0n) is 22.6. The van der Waals surface area contributed by atoms with Gasteiger partial charge < -0.3 is 0 Å². The molecule has 0 atom stereocenters. The normalized spacial score (nSPS) is 10.8. The summed E-state index contributed by atoms with van der Waals surface area (Å²) >= 11 is 0. The van der Waals surface area contributed by atoms with Gasteiger partial charge in [0.25, 0.3) is 0 Å². The van der Waals surface area contributed by atoms with Crippen molar-refractivity contribution in [2.24, 2.45) is 0 Å². The minimum absolute atomic E-state index is 0.561. The fourth-order valence-corrected chi connectivity index (χ4v) is 5.29. The van der Waals surface area contributed by atoms with E-state index in [1.807, 2.05) is 54.6 Å². The van der Waals surface area contributed by atoms with Crippen LogP contribution in [0.25, 0.3) is 67.2 Å². The third kappa shape index (κ3) is 4.81. The fraction of sp³-hybridized carbons (Fsp3) is 0. The summed E-state index contributed by atoms with van der Waals surface area (Å²) in [5.74, 6) is 1.75. The Morgan fingerprint density at radius 1 is 0.381 bits per heavy atom. The first-order valence-electron chi connectivity index (χ1n) is 13.8. The summed E-state index contributed by atoms with van der Waals surface area (Å²) in [6, 6.07) is 51.3. The average molecular weight is 537 g/mol. The molecule has 0 fully saturated rings. The molecule has 7 rings (SSSR count). The van der Waals surface area contributed by atoms with Gasteiger partial charge in [-0.05, 0) is 63.4 Å². The Morgan fingerprint density at radius 2 is 0.833 bits per heavy atom. The molecule has 1 heterocycles. The van der Waals surface area contributed by atoms with Crippen molar-refractivity contribution >= 4 is 10.8 Å². The molecule has 4 heteroatoms. The highest BCUT2D eigenvalue weighted by atomic mass is 15.0. The maximum Gasteiger partial charge on any atom is 0.164 e. The van der Waals surface area contributed by atoms with E-state index in [1.165, 1.54) is 21.9 Å². The van der Waals surface area contributed by atoms with Crippen LogP contribution in [-0.2, 0) is 0 Å². The summed E-state index contributed by atoms with van der Waals surface area (Å²) in [6.45, 7) is 0. The Morgan fingerprint density at radius 3 is 1.43 bits per heavy atom. The van der Waals surface area contributed by atoms with E-state index < -0.39 is 0 Å². The van der Waals surface area contributed by atoms with Crippen molar-refractivity contribution in [1.29, 1.82) is 5.26 Å². The van der Waals surface area contributed by atoms with Gasteiger partial charge in [0.1, 0.15) is 0 Å². The Hall–Kier alpha value is -5.92. The second-order valence-corrected chi connectivity index (χ2v) is 10.0. The van der Waals surface area contributed by atoms with Crippen LogP contribution in [0.5, 0.6) is 0 Å². The number of nitriles is 1. The van der Waals surface area contributed by atoms with Crippen LogP contribution < -0.4 is 0 Å². The van der Waals surface area contributed by atoms with E-state index in [1.54, 1.807) is 12.1 Å². The Kier molecular flexibility index (Phi) is 6.52. The van der Waals surface area contributed by atoms with Gasteiger partial charge in [-0.25, -0.2) is 15.0 Å². The van der Waals surface area contributed by atoms with Crippen LogP contribution in [0.15, 0.2) is 146 Å². The number of hydrogen-bond acceptors (Lipinski definition) is 4. The zero-order chi connectivity index (χ0) is 28.3. The molecule has 0 unspecified atom stereocenters. The van der Waals surface area contributed by atoms with Gasteiger partial charge in [-0.3, -0.25) is 0 Å². The molecule has 196 valence electrons. The standard InChI is InChI=1S/C38H24N4/c39-25-26-18-20-29(21-19-26)37-40-36(28-12-5-2-6-13-28)41-38(42-37)31-15-9-14-30(24-31)33-23-22-32(27-10-3-1-4-11-27)34-16-7-8-17-35(33)34/h1-24H. The lowest BCUT2D eigenvalue weighted by atomic mass is 9.91. The third-order valence-electron chi connectivity index (χ3n) is 7.38. The number of aromatic nitrogens is 3. The third-order valence-corrected chi connectivity index (χ3v) is 7.38. The van der Waals surface area contributed by atoms with Crippen molar-refractivity contribution in [3.05, 3.63) is 151 Å². The van der Waals surface area contributed by atoms with Gasteiger partial charge in [-0.1, -0.05) is 115 Å². The summed E-state index contributed by atoms with van der Waals surface area (Å²) in [6.07, 6.45) is 0. The average Bonchev–Trinajstić information content (AvgIpc) is 3.08. The summed E-state index contributed by atoms with van der Waals surface area (Å²) in [5, 5.41) is 11.7. The number of fused-ring (bicyclic) bond motifs is 1. The maximum atomic E-state index is 9.25. The molecule has 1 aromatic heterocycles. The van der Waals surface area contributed by atoms with E-state index in [2.05, 4.69) is 84.9 Å². The molecule has 0 spiro atoms. The quantitative estimate of drug-likeness (QED) is 0.220. The van der Waals surface area contributed by atoms with Crippen molar-refractivity contribution in [3.8, 4) is 62.5 Å². The molecule has 0 aliphatic rings. The van der Waals surface area contributed by atoms with E-state index in [0.717, 1.165) is 27.8 Å². The van der Waals surface area contributed by atoms with Crippen LogP contribution in [-0.4, -0.2) is 15.0 Å². The van der Waals surface area contributed by atoms with Gasteiger partial charge in [-0.15, -0.1) is 0 Å². The van der Waals surface area contributed by atoms with Gasteiger partial charge in [0.2, 0.25) is 0 Å². The summed E-state index contributed by atoms with van der Waals surface area (Å²) in [5.41, 5.74) is 7.88. The van der Waals surface area contributed by atoms with Gasteiger partial charge in [0.05, 0.1) is 11.6 Å². The first-order chi connectivity index (χ1) is 20.8. The van der Waals surface area contributed by atoms with Crippen LogP contribution in [0.4, 0.5) is 0 Å². The molecule has 0 radical (unpaired) electrons. The molecule has 0 N–H and O–H groups in total. The second kappa shape index (κ2) is 10.9. The number of benzene rings is 6. The number of hydrogen-bond donors (Lipinski definition) is 0. The summed E-state index contributed by atoms with van der Waals surface area (Å²) in [4.78, 5) is 14.6. The maximum absolute atomic E-state index is 9.25. The van der Waals surface area contributed by atoms with Crippen molar-refractivity contribution < 1.29 is 0 Å². The molecule has 6 aromatic carbocycles. The van der Waals surface area contributed by atoms with Crippen LogP contribution in [0, 0.1) is 11.3 Å². The molecule has 0 aliphatic heterocycles. The minimum atomic E-state index is 0.561. The SMILES string of the molecule is N#Cc1ccc(-c2nc(-c3ccccc3)nc(-c3cccc(-c4ccc(-c5ccccc5)c5ccccc45)c3)n2)cc1. The molecule has 4 nitrogen and oxygen atoms in total. The molecule has 7 aromatic rings. The van der Waals surface area contributed by atoms with E-state index in [4.69, 9.17) is 15.0 Å². The number of rotatable bonds is 5. The van der Waals surface area contributed by atoms with Crippen LogP contribution in [0.3, 0.4) is 0 Å². The molecule has 0 amide bonds. The number of nitrogens with zero attached hydrogens (tertiary/aromatic N) is 4. The molecule has 0 saturated carbocycles. The van der Waals surface area contributed by atoms with Gasteiger partial charge in [0.15, 0.2) is 17.5 Å². The lowest BCUT2D eigenvalue weighted by molar-refractivity contribution is 1.07. The van der Waals surface area contributed by atoms with E-state index in [9.17, 15) is 5.26 Å². The van der Waals surface area contributed by atoms with Gasteiger partial charge in [-0.2, -0.15) is 5.26 Å². The summed E-state index contributed by atoms with van der Waals surface area (Å²) in [7, 11) is 0. The molecular formula is C38H24N4. The minimum Gasteiger partial charge on any atom is -0.208 e. The van der Waals surface area contributed by atoms with Crippen molar-refractivity contribution in [3.63, 3.8) is 0 Å². The largest absolute Gasteiger partial charge is 0.208 e. The van der Waals surface area contributed by atoms with Crippen molar-refractivity contribution in [2.75, 3.05) is 0 Å². The Bertz CT molecular complexity index is 2080. The zero-order valence-corrected chi connectivity index (χ0v) is 22.6. The highest BCUT2D eigenvalue weighted by Gasteiger charge is 2.14.